The van der Waals surface area contributed by atoms with Gasteiger partial charge in [-0.25, -0.2) is 10.2 Å². The van der Waals surface area contributed by atoms with Gasteiger partial charge in [0.25, 0.3) is 5.91 Å². The lowest BCUT2D eigenvalue weighted by molar-refractivity contribution is -0.130. The SMILES string of the molecule is O=C(Oc1c(Br)cc(Br)cc1/C=N/NC(=O)C1COc2ccccc2O1)c1ccccc1Br. The Bertz CT molecular complexity index is 1250. The molecular weight excluding hydrogens is 624 g/mol. The molecule has 0 spiro atoms. The van der Waals surface area contributed by atoms with E-state index in [0.29, 0.717) is 31.6 Å². The minimum Gasteiger partial charge on any atom is -0.485 e. The highest BCUT2D eigenvalue weighted by Crippen LogP contribution is 2.33. The van der Waals surface area contributed by atoms with E-state index >= 15 is 0 Å². The minimum absolute atomic E-state index is 0.0651. The Morgan fingerprint density at radius 3 is 2.52 bits per heavy atom. The summed E-state index contributed by atoms with van der Waals surface area (Å²) in [7, 11) is 0. The van der Waals surface area contributed by atoms with Crippen LogP contribution in [0.25, 0.3) is 0 Å². The van der Waals surface area contributed by atoms with E-state index in [1.165, 1.54) is 6.21 Å². The highest BCUT2D eigenvalue weighted by Gasteiger charge is 2.27. The largest absolute Gasteiger partial charge is 0.485 e. The zero-order valence-corrected chi connectivity index (χ0v) is 21.5. The number of ether oxygens (including phenoxy) is 3. The molecule has 1 unspecified atom stereocenters. The Morgan fingerprint density at radius 2 is 1.73 bits per heavy atom. The van der Waals surface area contributed by atoms with Crippen LogP contribution in [0.5, 0.6) is 17.2 Å². The Labute approximate surface area is 214 Å². The number of nitrogens with zero attached hydrogens (tertiary/aromatic N) is 1. The van der Waals surface area contributed by atoms with Gasteiger partial charge in [-0.1, -0.05) is 40.2 Å². The maximum Gasteiger partial charge on any atom is 0.344 e. The fourth-order valence-electron chi connectivity index (χ4n) is 2.94. The molecule has 0 aromatic heterocycles. The predicted molar refractivity (Wildman–Crippen MR) is 133 cm³/mol. The summed E-state index contributed by atoms with van der Waals surface area (Å²) in [6.45, 7) is 0.0651. The molecule has 0 fully saturated rings. The molecule has 7 nitrogen and oxygen atoms in total. The second-order valence-electron chi connectivity index (χ2n) is 6.77. The lowest BCUT2D eigenvalue weighted by Gasteiger charge is -2.24. The summed E-state index contributed by atoms with van der Waals surface area (Å²) >= 11 is 10.2. The van der Waals surface area contributed by atoms with Gasteiger partial charge < -0.3 is 14.2 Å². The van der Waals surface area contributed by atoms with E-state index in [-0.39, 0.29) is 12.4 Å². The first-order chi connectivity index (χ1) is 15.9. The number of halogens is 3. The topological polar surface area (TPSA) is 86.2 Å². The molecule has 4 rings (SSSR count). The van der Waals surface area contributed by atoms with Crippen LogP contribution in [0, 0.1) is 0 Å². The minimum atomic E-state index is -0.848. The van der Waals surface area contributed by atoms with E-state index in [2.05, 4.69) is 58.3 Å². The number of hydrogen-bond donors (Lipinski definition) is 1. The molecular formula is C23H15Br3N2O5. The van der Waals surface area contributed by atoms with E-state index in [1.54, 1.807) is 54.6 Å². The lowest BCUT2D eigenvalue weighted by Crippen LogP contribution is -2.42. The van der Waals surface area contributed by atoms with Crippen molar-refractivity contribution in [3.63, 3.8) is 0 Å². The molecule has 33 heavy (non-hydrogen) atoms. The van der Waals surface area contributed by atoms with Gasteiger partial charge in [0.2, 0.25) is 6.10 Å². The van der Waals surface area contributed by atoms with Crippen molar-refractivity contribution in [3.05, 3.63) is 85.2 Å². The number of esters is 1. The molecule has 3 aromatic carbocycles. The number of nitrogens with one attached hydrogen (secondary N) is 1. The molecule has 1 heterocycles. The fourth-order valence-corrected chi connectivity index (χ4v) is 4.73. The van der Waals surface area contributed by atoms with Crippen molar-refractivity contribution in [2.24, 2.45) is 5.10 Å². The van der Waals surface area contributed by atoms with E-state index in [4.69, 9.17) is 14.2 Å². The van der Waals surface area contributed by atoms with E-state index in [1.807, 2.05) is 6.07 Å². The van der Waals surface area contributed by atoms with Crippen LogP contribution < -0.4 is 19.6 Å². The molecule has 10 heteroatoms. The molecule has 0 saturated heterocycles. The normalized spacial score (nSPS) is 14.7. The summed E-state index contributed by atoms with van der Waals surface area (Å²) in [6.07, 6.45) is 0.535. The van der Waals surface area contributed by atoms with Gasteiger partial charge in [0.05, 0.1) is 16.3 Å². The van der Waals surface area contributed by atoms with Crippen molar-refractivity contribution < 1.29 is 23.8 Å². The van der Waals surface area contributed by atoms with E-state index in [9.17, 15) is 9.59 Å². The molecule has 3 aromatic rings. The van der Waals surface area contributed by atoms with Gasteiger partial charge in [0, 0.05) is 14.5 Å². The Morgan fingerprint density at radius 1 is 1.00 bits per heavy atom. The van der Waals surface area contributed by atoms with Crippen molar-refractivity contribution in [1.29, 1.82) is 0 Å². The summed E-state index contributed by atoms with van der Waals surface area (Å²) in [5.74, 6) is 0.311. The van der Waals surface area contributed by atoms with Crippen LogP contribution in [-0.4, -0.2) is 30.8 Å². The van der Waals surface area contributed by atoms with Gasteiger partial charge in [-0.3, -0.25) is 4.79 Å². The first-order valence-corrected chi connectivity index (χ1v) is 12.0. The lowest BCUT2D eigenvalue weighted by atomic mass is 10.2. The molecule has 1 atom stereocenters. The van der Waals surface area contributed by atoms with E-state index in [0.717, 1.165) is 4.47 Å². The van der Waals surface area contributed by atoms with Crippen LogP contribution in [0.3, 0.4) is 0 Å². The first-order valence-electron chi connectivity index (χ1n) is 9.59. The molecule has 0 radical (unpaired) electrons. The Hall–Kier alpha value is -2.69. The number of amides is 1. The quantitative estimate of drug-likeness (QED) is 0.173. The molecule has 0 bridgehead atoms. The smallest absolute Gasteiger partial charge is 0.344 e. The van der Waals surface area contributed by atoms with E-state index < -0.39 is 18.0 Å². The summed E-state index contributed by atoms with van der Waals surface area (Å²) in [4.78, 5) is 25.2. The molecule has 0 saturated carbocycles. The average Bonchev–Trinajstić information content (AvgIpc) is 2.81. The zero-order chi connectivity index (χ0) is 23.4. The summed E-state index contributed by atoms with van der Waals surface area (Å²) in [6, 6.07) is 17.5. The standard InChI is InChI=1S/C23H15Br3N2O5/c24-14-9-13(21(17(26)10-14)33-23(30)15-5-1-2-6-16(15)25)11-27-28-22(29)20-12-31-18-7-3-4-8-19(18)32-20/h1-11,20H,12H2,(H,28,29)/b27-11+. The van der Waals surface area contributed by atoms with Crippen molar-refractivity contribution in [2.75, 3.05) is 6.61 Å². The molecule has 1 N–H and O–H groups in total. The zero-order valence-electron chi connectivity index (χ0n) is 16.8. The van der Waals surface area contributed by atoms with Crippen LogP contribution in [0.4, 0.5) is 0 Å². The number of rotatable bonds is 5. The van der Waals surface area contributed by atoms with Crippen molar-refractivity contribution in [3.8, 4) is 17.2 Å². The average molecular weight is 639 g/mol. The van der Waals surface area contributed by atoms with Crippen LogP contribution in [0.1, 0.15) is 15.9 Å². The predicted octanol–water partition coefficient (Wildman–Crippen LogP) is 5.48. The van der Waals surface area contributed by atoms with Gasteiger partial charge in [-0.05, 0) is 68.3 Å². The van der Waals surface area contributed by atoms with Gasteiger partial charge in [-0.2, -0.15) is 5.10 Å². The van der Waals surface area contributed by atoms with Crippen LogP contribution in [0.2, 0.25) is 0 Å². The van der Waals surface area contributed by atoms with Crippen molar-refractivity contribution in [1.82, 2.24) is 5.43 Å². The van der Waals surface area contributed by atoms with Gasteiger partial charge >= 0.3 is 5.97 Å². The van der Waals surface area contributed by atoms with Gasteiger partial charge in [0.15, 0.2) is 17.2 Å². The number of para-hydroxylation sites is 2. The van der Waals surface area contributed by atoms with Crippen molar-refractivity contribution in [2.45, 2.75) is 6.10 Å². The fraction of sp³-hybridized carbons (Fsp3) is 0.0870. The Balaban J connectivity index is 1.48. The maximum atomic E-state index is 12.7. The molecule has 168 valence electrons. The third kappa shape index (κ3) is 5.63. The molecule has 1 amide bonds. The monoisotopic (exact) mass is 636 g/mol. The third-order valence-corrected chi connectivity index (χ3v) is 6.24. The second-order valence-corrected chi connectivity index (χ2v) is 9.40. The van der Waals surface area contributed by atoms with Gasteiger partial charge in [-0.15, -0.1) is 0 Å². The summed E-state index contributed by atoms with van der Waals surface area (Å²) < 4.78 is 18.7. The van der Waals surface area contributed by atoms with Crippen LogP contribution >= 0.6 is 47.8 Å². The number of benzene rings is 3. The number of carbonyl (C=O) groups excluding carboxylic acids is 2. The first kappa shape index (κ1) is 23.5. The maximum absolute atomic E-state index is 12.7. The van der Waals surface area contributed by atoms with Crippen LogP contribution in [0.15, 0.2) is 79.2 Å². The molecule has 0 aliphatic carbocycles. The van der Waals surface area contributed by atoms with Gasteiger partial charge in [0.1, 0.15) is 6.61 Å². The number of hydrogen-bond acceptors (Lipinski definition) is 6. The highest BCUT2D eigenvalue weighted by atomic mass is 79.9. The number of hydrazone groups is 1. The summed E-state index contributed by atoms with van der Waals surface area (Å²) in [5.41, 5.74) is 3.27. The molecule has 1 aliphatic rings. The van der Waals surface area contributed by atoms with Crippen molar-refractivity contribution >= 4 is 65.9 Å². The number of carbonyl (C=O) groups is 2. The Kier molecular flexibility index (Phi) is 7.46. The second kappa shape index (κ2) is 10.5. The number of fused-ring (bicyclic) bond motifs is 1. The van der Waals surface area contributed by atoms with Crippen LogP contribution in [-0.2, 0) is 4.79 Å². The highest BCUT2D eigenvalue weighted by molar-refractivity contribution is 9.11. The summed E-state index contributed by atoms with van der Waals surface area (Å²) in [5, 5.41) is 4.01. The third-order valence-electron chi connectivity index (χ3n) is 4.51. The molecule has 1 aliphatic heterocycles.